The van der Waals surface area contributed by atoms with Crippen LogP contribution in [0.25, 0.3) is 5.52 Å². The highest BCUT2D eigenvalue weighted by molar-refractivity contribution is 6.02. The number of amides is 2. The fraction of sp³-hybridized carbons (Fsp3) is 0.318. The molecule has 1 saturated carbocycles. The van der Waals surface area contributed by atoms with E-state index in [1.807, 2.05) is 6.07 Å². The van der Waals surface area contributed by atoms with E-state index in [1.54, 1.807) is 40.9 Å². The summed E-state index contributed by atoms with van der Waals surface area (Å²) in [6, 6.07) is 12.0. The first-order chi connectivity index (χ1) is 14.1. The van der Waals surface area contributed by atoms with Gasteiger partial charge in [0.25, 0.3) is 11.8 Å². The highest BCUT2D eigenvalue weighted by Crippen LogP contribution is 2.19. The van der Waals surface area contributed by atoms with Crippen LogP contribution in [0.15, 0.2) is 48.7 Å². The molecule has 7 heteroatoms. The van der Waals surface area contributed by atoms with Crippen LogP contribution in [0.4, 0.5) is 4.39 Å². The fourth-order valence-corrected chi connectivity index (χ4v) is 3.78. The number of imidazole rings is 1. The number of nitrogens with zero attached hydrogens (tertiary/aromatic N) is 2. The molecule has 0 saturated heterocycles. The monoisotopic (exact) mass is 394 g/mol. The van der Waals surface area contributed by atoms with Crippen molar-refractivity contribution in [2.45, 2.75) is 38.1 Å². The number of pyridine rings is 1. The number of aromatic nitrogens is 2. The minimum absolute atomic E-state index is 0.144. The predicted octanol–water partition coefficient (Wildman–Crippen LogP) is 3.12. The van der Waals surface area contributed by atoms with Crippen molar-refractivity contribution >= 4 is 17.3 Å². The molecule has 6 nitrogen and oxygen atoms in total. The Morgan fingerprint density at radius 2 is 1.83 bits per heavy atom. The van der Waals surface area contributed by atoms with E-state index in [1.165, 1.54) is 6.07 Å². The Labute approximate surface area is 168 Å². The number of carbonyl (C=O) groups is 2. The van der Waals surface area contributed by atoms with Crippen LogP contribution in [0.2, 0.25) is 0 Å². The lowest BCUT2D eigenvalue weighted by Crippen LogP contribution is -2.33. The van der Waals surface area contributed by atoms with Crippen LogP contribution >= 0.6 is 0 Å². The summed E-state index contributed by atoms with van der Waals surface area (Å²) in [7, 11) is 0. The quantitative estimate of drug-likeness (QED) is 0.675. The van der Waals surface area contributed by atoms with Crippen molar-refractivity contribution in [2.24, 2.45) is 0 Å². The van der Waals surface area contributed by atoms with Crippen LogP contribution in [0.5, 0.6) is 0 Å². The van der Waals surface area contributed by atoms with Gasteiger partial charge in [0.2, 0.25) is 5.82 Å². The van der Waals surface area contributed by atoms with Crippen molar-refractivity contribution in [3.05, 3.63) is 71.6 Å². The van der Waals surface area contributed by atoms with Gasteiger partial charge in [0, 0.05) is 18.8 Å². The molecule has 1 aliphatic carbocycles. The standard InChI is InChI=1S/C22H23FN4O2/c23-17-10-4-1-7-15(17)12-13-24-22(29)20-26-19(18-11-5-6-14-27(18)20)21(28)25-16-8-2-3-9-16/h1,4-7,10-11,14,16H,2-3,8-9,12-13H2,(H,24,29)(H,25,28). The van der Waals surface area contributed by atoms with E-state index in [2.05, 4.69) is 15.6 Å². The number of halogens is 1. The summed E-state index contributed by atoms with van der Waals surface area (Å²) >= 11 is 0. The van der Waals surface area contributed by atoms with Gasteiger partial charge in [-0.2, -0.15) is 0 Å². The summed E-state index contributed by atoms with van der Waals surface area (Å²) in [5.74, 6) is -0.807. The Morgan fingerprint density at radius 1 is 1.07 bits per heavy atom. The van der Waals surface area contributed by atoms with E-state index in [-0.39, 0.29) is 35.8 Å². The minimum Gasteiger partial charge on any atom is -0.349 e. The molecule has 1 aliphatic rings. The second-order valence-electron chi connectivity index (χ2n) is 7.29. The first-order valence-corrected chi connectivity index (χ1v) is 9.93. The zero-order valence-electron chi connectivity index (χ0n) is 16.0. The molecular formula is C22H23FN4O2. The number of fused-ring (bicyclic) bond motifs is 1. The zero-order chi connectivity index (χ0) is 20.2. The van der Waals surface area contributed by atoms with Gasteiger partial charge in [0.1, 0.15) is 5.82 Å². The van der Waals surface area contributed by atoms with Crippen LogP contribution in [-0.2, 0) is 6.42 Å². The third-order valence-corrected chi connectivity index (χ3v) is 5.29. The number of benzene rings is 1. The van der Waals surface area contributed by atoms with Gasteiger partial charge in [-0.25, -0.2) is 9.37 Å². The van der Waals surface area contributed by atoms with Gasteiger partial charge >= 0.3 is 0 Å². The Balaban J connectivity index is 1.50. The third kappa shape index (κ3) is 4.13. The Bertz CT molecular complexity index is 1040. The SMILES string of the molecule is O=C(NC1CCCC1)c1nc(C(=O)NCCc2ccccc2F)n2ccccc12. The van der Waals surface area contributed by atoms with E-state index in [9.17, 15) is 14.0 Å². The smallest absolute Gasteiger partial charge is 0.287 e. The number of nitrogens with one attached hydrogen (secondary N) is 2. The number of hydrogen-bond acceptors (Lipinski definition) is 3. The van der Waals surface area contributed by atoms with Crippen LogP contribution < -0.4 is 10.6 Å². The summed E-state index contributed by atoms with van der Waals surface area (Å²) in [5, 5.41) is 5.79. The first-order valence-electron chi connectivity index (χ1n) is 9.93. The van der Waals surface area contributed by atoms with Crippen molar-refractivity contribution < 1.29 is 14.0 Å². The first kappa shape index (κ1) is 19.1. The summed E-state index contributed by atoms with van der Waals surface area (Å²) in [6.45, 7) is 0.269. The molecule has 2 N–H and O–H groups in total. The lowest BCUT2D eigenvalue weighted by molar-refractivity contribution is 0.0935. The van der Waals surface area contributed by atoms with Gasteiger partial charge in [0.15, 0.2) is 5.69 Å². The number of carbonyl (C=O) groups excluding carboxylic acids is 2. The topological polar surface area (TPSA) is 75.5 Å². The molecule has 0 radical (unpaired) electrons. The number of rotatable bonds is 6. The average Bonchev–Trinajstić information content (AvgIpc) is 3.37. The van der Waals surface area contributed by atoms with Gasteiger partial charge in [-0.05, 0) is 43.0 Å². The molecule has 0 bridgehead atoms. The summed E-state index contributed by atoms with van der Waals surface area (Å²) in [5.41, 5.74) is 1.37. The zero-order valence-corrected chi connectivity index (χ0v) is 16.0. The maximum atomic E-state index is 13.7. The Kier molecular flexibility index (Phi) is 5.55. The van der Waals surface area contributed by atoms with Crippen LogP contribution in [0, 0.1) is 5.82 Å². The molecular weight excluding hydrogens is 371 g/mol. The highest BCUT2D eigenvalue weighted by atomic mass is 19.1. The second kappa shape index (κ2) is 8.43. The van der Waals surface area contributed by atoms with Crippen molar-refractivity contribution in [1.82, 2.24) is 20.0 Å². The van der Waals surface area contributed by atoms with Gasteiger partial charge in [-0.3, -0.25) is 14.0 Å². The van der Waals surface area contributed by atoms with Gasteiger partial charge in [-0.15, -0.1) is 0 Å². The molecule has 29 heavy (non-hydrogen) atoms. The molecule has 2 heterocycles. The van der Waals surface area contributed by atoms with E-state index >= 15 is 0 Å². The maximum Gasteiger partial charge on any atom is 0.287 e. The van der Waals surface area contributed by atoms with Gasteiger partial charge in [0.05, 0.1) is 5.52 Å². The molecule has 0 unspecified atom stereocenters. The molecule has 3 aromatic rings. The fourth-order valence-electron chi connectivity index (χ4n) is 3.78. The molecule has 0 spiro atoms. The molecule has 4 rings (SSSR count). The summed E-state index contributed by atoms with van der Waals surface area (Å²) < 4.78 is 15.3. The van der Waals surface area contributed by atoms with E-state index in [0.717, 1.165) is 25.7 Å². The second-order valence-corrected chi connectivity index (χ2v) is 7.29. The molecule has 0 aliphatic heterocycles. The highest BCUT2D eigenvalue weighted by Gasteiger charge is 2.24. The van der Waals surface area contributed by atoms with E-state index in [0.29, 0.717) is 17.5 Å². The largest absolute Gasteiger partial charge is 0.349 e. The minimum atomic E-state index is -0.401. The molecule has 150 valence electrons. The third-order valence-electron chi connectivity index (χ3n) is 5.29. The van der Waals surface area contributed by atoms with Crippen LogP contribution in [0.3, 0.4) is 0 Å². The van der Waals surface area contributed by atoms with Crippen molar-refractivity contribution in [3.8, 4) is 0 Å². The normalized spacial score (nSPS) is 14.2. The van der Waals surface area contributed by atoms with Crippen LogP contribution in [0.1, 0.15) is 52.4 Å². The lowest BCUT2D eigenvalue weighted by atomic mass is 10.1. The van der Waals surface area contributed by atoms with Crippen molar-refractivity contribution in [3.63, 3.8) is 0 Å². The summed E-state index contributed by atoms with van der Waals surface area (Å²) in [6.07, 6.45) is 6.26. The molecule has 2 aromatic heterocycles. The molecule has 1 fully saturated rings. The predicted molar refractivity (Wildman–Crippen MR) is 107 cm³/mol. The van der Waals surface area contributed by atoms with Crippen molar-refractivity contribution in [2.75, 3.05) is 6.54 Å². The Hall–Kier alpha value is -3.22. The maximum absolute atomic E-state index is 13.7. The lowest BCUT2D eigenvalue weighted by Gasteiger charge is -2.10. The Morgan fingerprint density at radius 3 is 2.62 bits per heavy atom. The van der Waals surface area contributed by atoms with Crippen LogP contribution in [-0.4, -0.2) is 33.8 Å². The van der Waals surface area contributed by atoms with Gasteiger partial charge < -0.3 is 10.6 Å². The van der Waals surface area contributed by atoms with E-state index in [4.69, 9.17) is 0 Å². The molecule has 2 amide bonds. The number of hydrogen-bond donors (Lipinski definition) is 2. The van der Waals surface area contributed by atoms with Gasteiger partial charge in [-0.1, -0.05) is 37.1 Å². The summed E-state index contributed by atoms with van der Waals surface area (Å²) in [4.78, 5) is 29.8. The molecule has 0 atom stereocenters. The average molecular weight is 394 g/mol. The molecule has 1 aromatic carbocycles. The van der Waals surface area contributed by atoms with E-state index < -0.39 is 5.91 Å². The van der Waals surface area contributed by atoms with Crippen molar-refractivity contribution in [1.29, 1.82) is 0 Å².